The number of nitrogens with one attached hydrogen (secondary N) is 1. The van der Waals surface area contributed by atoms with Crippen molar-refractivity contribution in [2.45, 2.75) is 32.0 Å². The Kier molecular flexibility index (Phi) is 3.39. The summed E-state index contributed by atoms with van der Waals surface area (Å²) in [5.74, 6) is 0.993. The van der Waals surface area contributed by atoms with Gasteiger partial charge in [0, 0.05) is 17.4 Å². The van der Waals surface area contributed by atoms with Crippen LogP contribution < -0.4 is 5.32 Å². The van der Waals surface area contributed by atoms with Gasteiger partial charge in [0.25, 0.3) is 0 Å². The fourth-order valence-electron chi connectivity index (χ4n) is 2.62. The van der Waals surface area contributed by atoms with Crippen molar-refractivity contribution in [3.8, 4) is 0 Å². The number of amidine groups is 1. The van der Waals surface area contributed by atoms with E-state index in [1.165, 1.54) is 15.6 Å². The number of benzene rings is 1. The first-order valence-electron chi connectivity index (χ1n) is 6.50. The normalized spacial score (nSPS) is 26.4. The number of fused-ring (bicyclic) bond motifs is 1. The molecule has 0 fully saturated rings. The van der Waals surface area contributed by atoms with Crippen molar-refractivity contribution in [2.75, 3.05) is 13.1 Å². The van der Waals surface area contributed by atoms with Gasteiger partial charge in [0.15, 0.2) is 0 Å². The van der Waals surface area contributed by atoms with E-state index in [1.807, 2.05) is 0 Å². The highest BCUT2D eigenvalue weighted by molar-refractivity contribution is 9.10. The van der Waals surface area contributed by atoms with E-state index in [0.717, 1.165) is 31.8 Å². The highest BCUT2D eigenvalue weighted by Gasteiger charge is 2.32. The predicted molar refractivity (Wildman–Crippen MR) is 76.1 cm³/mol. The van der Waals surface area contributed by atoms with E-state index in [4.69, 9.17) is 4.74 Å². The molecule has 0 radical (unpaired) electrons. The van der Waals surface area contributed by atoms with E-state index in [-0.39, 0.29) is 12.2 Å². The van der Waals surface area contributed by atoms with Gasteiger partial charge in [-0.25, -0.2) is 0 Å². The number of ether oxygens (including phenoxy) is 1. The first kappa shape index (κ1) is 12.2. The Morgan fingerprint density at radius 3 is 3.11 bits per heavy atom. The van der Waals surface area contributed by atoms with Crippen LogP contribution in [0.4, 0.5) is 0 Å². The van der Waals surface area contributed by atoms with Crippen molar-refractivity contribution in [1.29, 1.82) is 0 Å². The van der Waals surface area contributed by atoms with E-state index in [0.29, 0.717) is 0 Å². The molecular formula is C14H17BrN2O. The third-order valence-electron chi connectivity index (χ3n) is 3.60. The van der Waals surface area contributed by atoms with Crippen LogP contribution in [0.25, 0.3) is 0 Å². The molecule has 3 nitrogen and oxygen atoms in total. The number of halogens is 1. The van der Waals surface area contributed by atoms with Gasteiger partial charge in [0.1, 0.15) is 11.9 Å². The summed E-state index contributed by atoms with van der Waals surface area (Å²) >= 11 is 3.66. The van der Waals surface area contributed by atoms with Crippen LogP contribution in [0.15, 0.2) is 27.7 Å². The molecule has 1 aromatic rings. The van der Waals surface area contributed by atoms with Crippen LogP contribution in [0.3, 0.4) is 0 Å². The Hall–Kier alpha value is -0.870. The standard InChI is InChI=1S/C14H17BrN2O/c1-2-9-8-11-10(4-3-5-12(11)15)13(18-9)14-16-6-7-17-14/h3-5,9,13H,2,6-8H2,1H3,(H,16,17). The van der Waals surface area contributed by atoms with Gasteiger partial charge < -0.3 is 10.1 Å². The first-order chi connectivity index (χ1) is 8.79. The predicted octanol–water partition coefficient (Wildman–Crippen LogP) is 2.84. The lowest BCUT2D eigenvalue weighted by Crippen LogP contribution is -2.35. The zero-order chi connectivity index (χ0) is 12.5. The van der Waals surface area contributed by atoms with Gasteiger partial charge in [-0.2, -0.15) is 0 Å². The summed E-state index contributed by atoms with van der Waals surface area (Å²) in [5.41, 5.74) is 2.62. The molecule has 0 amide bonds. The van der Waals surface area contributed by atoms with E-state index in [2.05, 4.69) is 51.4 Å². The minimum atomic E-state index is -0.0151. The molecule has 1 aromatic carbocycles. The molecule has 0 spiro atoms. The maximum absolute atomic E-state index is 6.19. The van der Waals surface area contributed by atoms with E-state index in [9.17, 15) is 0 Å². The fraction of sp³-hybridized carbons (Fsp3) is 0.500. The molecule has 18 heavy (non-hydrogen) atoms. The summed E-state index contributed by atoms with van der Waals surface area (Å²) in [7, 11) is 0. The Balaban J connectivity index is 2.02. The van der Waals surface area contributed by atoms with Crippen molar-refractivity contribution >= 4 is 21.8 Å². The van der Waals surface area contributed by atoms with Crippen LogP contribution in [-0.4, -0.2) is 25.0 Å². The number of aliphatic imine (C=N–C) groups is 1. The lowest BCUT2D eigenvalue weighted by atomic mass is 9.92. The molecule has 2 aliphatic heterocycles. The highest BCUT2D eigenvalue weighted by Crippen LogP contribution is 2.36. The second-order valence-corrected chi connectivity index (χ2v) is 5.61. The summed E-state index contributed by atoms with van der Waals surface area (Å²) in [4.78, 5) is 4.52. The molecule has 0 aromatic heterocycles. The van der Waals surface area contributed by atoms with Gasteiger partial charge in [-0.3, -0.25) is 4.99 Å². The summed E-state index contributed by atoms with van der Waals surface area (Å²) in [6.07, 6.45) is 2.28. The SMILES string of the molecule is CCC1Cc2c(Br)cccc2C(C2=NCCN2)O1. The molecule has 1 N–H and O–H groups in total. The fourth-order valence-corrected chi connectivity index (χ4v) is 3.17. The van der Waals surface area contributed by atoms with Crippen LogP contribution >= 0.6 is 15.9 Å². The van der Waals surface area contributed by atoms with Gasteiger partial charge in [-0.1, -0.05) is 35.0 Å². The van der Waals surface area contributed by atoms with Crippen molar-refractivity contribution in [3.63, 3.8) is 0 Å². The van der Waals surface area contributed by atoms with Crippen molar-refractivity contribution in [2.24, 2.45) is 4.99 Å². The summed E-state index contributed by atoms with van der Waals surface area (Å²) in [6, 6.07) is 6.33. The third-order valence-corrected chi connectivity index (χ3v) is 4.34. The molecule has 2 heterocycles. The monoisotopic (exact) mass is 308 g/mol. The zero-order valence-electron chi connectivity index (χ0n) is 10.4. The number of hydrogen-bond donors (Lipinski definition) is 1. The second-order valence-electron chi connectivity index (χ2n) is 4.75. The average Bonchev–Trinajstić information content (AvgIpc) is 2.92. The molecule has 0 bridgehead atoms. The molecule has 2 aliphatic rings. The van der Waals surface area contributed by atoms with Crippen LogP contribution in [0.5, 0.6) is 0 Å². The molecule has 3 rings (SSSR count). The van der Waals surface area contributed by atoms with Gasteiger partial charge in [-0.15, -0.1) is 0 Å². The zero-order valence-corrected chi connectivity index (χ0v) is 12.0. The Labute approximate surface area is 116 Å². The van der Waals surface area contributed by atoms with Crippen molar-refractivity contribution in [1.82, 2.24) is 5.32 Å². The summed E-state index contributed by atoms with van der Waals surface area (Å²) < 4.78 is 7.37. The molecular weight excluding hydrogens is 292 g/mol. The molecule has 0 aliphatic carbocycles. The van der Waals surface area contributed by atoms with Gasteiger partial charge >= 0.3 is 0 Å². The molecule has 4 heteroatoms. The number of nitrogens with zero attached hydrogens (tertiary/aromatic N) is 1. The maximum Gasteiger partial charge on any atom is 0.140 e. The van der Waals surface area contributed by atoms with Crippen LogP contribution in [0.1, 0.15) is 30.6 Å². The van der Waals surface area contributed by atoms with E-state index < -0.39 is 0 Å². The lowest BCUT2D eigenvalue weighted by Gasteiger charge is -2.32. The van der Waals surface area contributed by atoms with E-state index >= 15 is 0 Å². The number of rotatable bonds is 2. The van der Waals surface area contributed by atoms with Gasteiger partial charge in [0.05, 0.1) is 12.6 Å². The highest BCUT2D eigenvalue weighted by atomic mass is 79.9. The molecule has 2 atom stereocenters. The third kappa shape index (κ3) is 2.08. The van der Waals surface area contributed by atoms with Gasteiger partial charge in [0.2, 0.25) is 0 Å². The molecule has 2 unspecified atom stereocenters. The van der Waals surface area contributed by atoms with E-state index in [1.54, 1.807) is 0 Å². The Bertz CT molecular complexity index is 487. The lowest BCUT2D eigenvalue weighted by molar-refractivity contribution is 0.00704. The smallest absolute Gasteiger partial charge is 0.140 e. The Morgan fingerprint density at radius 2 is 2.39 bits per heavy atom. The summed E-state index contributed by atoms with van der Waals surface area (Å²) in [6.45, 7) is 3.96. The second kappa shape index (κ2) is 5.02. The van der Waals surface area contributed by atoms with Gasteiger partial charge in [-0.05, 0) is 23.6 Å². The average molecular weight is 309 g/mol. The molecule has 0 saturated carbocycles. The van der Waals surface area contributed by atoms with Crippen LogP contribution in [0, 0.1) is 0 Å². The topological polar surface area (TPSA) is 33.6 Å². The molecule has 0 saturated heterocycles. The molecule has 96 valence electrons. The summed E-state index contributed by atoms with van der Waals surface area (Å²) in [5, 5.41) is 3.34. The minimum Gasteiger partial charge on any atom is -0.369 e. The minimum absolute atomic E-state index is 0.0151. The van der Waals surface area contributed by atoms with Crippen molar-refractivity contribution in [3.05, 3.63) is 33.8 Å². The number of hydrogen-bond acceptors (Lipinski definition) is 3. The first-order valence-corrected chi connectivity index (χ1v) is 7.30. The van der Waals surface area contributed by atoms with Crippen molar-refractivity contribution < 1.29 is 4.74 Å². The van der Waals surface area contributed by atoms with Crippen LogP contribution in [-0.2, 0) is 11.2 Å². The maximum atomic E-state index is 6.19. The quantitative estimate of drug-likeness (QED) is 0.911. The van der Waals surface area contributed by atoms with Crippen LogP contribution in [0.2, 0.25) is 0 Å². The Morgan fingerprint density at radius 1 is 1.50 bits per heavy atom. The largest absolute Gasteiger partial charge is 0.369 e.